The minimum atomic E-state index is -0.445. The highest BCUT2D eigenvalue weighted by Crippen LogP contribution is 2.26. The Morgan fingerprint density at radius 2 is 2.28 bits per heavy atom. The molecule has 2 heterocycles. The summed E-state index contributed by atoms with van der Waals surface area (Å²) in [5, 5.41) is 6.37. The third-order valence-electron chi connectivity index (χ3n) is 2.58. The van der Waals surface area contributed by atoms with E-state index in [9.17, 15) is 4.79 Å². The highest BCUT2D eigenvalue weighted by molar-refractivity contribution is 7.03. The van der Waals surface area contributed by atoms with Crippen molar-refractivity contribution >= 4 is 22.5 Å². The summed E-state index contributed by atoms with van der Waals surface area (Å²) in [4.78, 5) is 11.9. The summed E-state index contributed by atoms with van der Waals surface area (Å²) in [5.41, 5.74) is 0.930. The summed E-state index contributed by atoms with van der Waals surface area (Å²) in [6, 6.07) is 7.17. The van der Waals surface area contributed by atoms with Crippen molar-refractivity contribution in [3.63, 3.8) is 0 Å². The van der Waals surface area contributed by atoms with Crippen LogP contribution in [0.15, 0.2) is 38.9 Å². The number of para-hydroxylation sites is 1. The Morgan fingerprint density at radius 1 is 1.39 bits per heavy atom. The second kappa shape index (κ2) is 4.23. The Kier molecular flexibility index (Phi) is 2.56. The lowest BCUT2D eigenvalue weighted by Gasteiger charge is -2.04. The number of benzene rings is 1. The van der Waals surface area contributed by atoms with E-state index in [1.54, 1.807) is 17.5 Å². The first-order valence-corrected chi connectivity index (χ1v) is 6.01. The topological polar surface area (TPSA) is 65.2 Å². The van der Waals surface area contributed by atoms with Crippen molar-refractivity contribution < 1.29 is 9.15 Å². The second-order valence-electron chi connectivity index (χ2n) is 3.62. The number of hydrogen-bond donors (Lipinski definition) is 0. The number of fused-ring (bicyclic) bond motifs is 1. The lowest BCUT2D eigenvalue weighted by atomic mass is 10.1. The molecule has 6 heteroatoms. The zero-order valence-corrected chi connectivity index (χ0v) is 10.2. The lowest BCUT2D eigenvalue weighted by molar-refractivity contribution is 0.407. The molecule has 0 fully saturated rings. The van der Waals surface area contributed by atoms with E-state index in [1.165, 1.54) is 18.6 Å². The molecule has 3 rings (SSSR count). The monoisotopic (exact) mass is 260 g/mol. The number of ether oxygens (including phenoxy) is 1. The Hall–Kier alpha value is -2.21. The first-order chi connectivity index (χ1) is 8.79. The van der Waals surface area contributed by atoms with E-state index in [0.29, 0.717) is 22.6 Å². The van der Waals surface area contributed by atoms with Crippen LogP contribution in [0.5, 0.6) is 5.75 Å². The van der Waals surface area contributed by atoms with Crippen molar-refractivity contribution in [2.45, 2.75) is 0 Å². The van der Waals surface area contributed by atoms with Gasteiger partial charge in [0, 0.05) is 10.8 Å². The van der Waals surface area contributed by atoms with Gasteiger partial charge in [0.15, 0.2) is 11.3 Å². The summed E-state index contributed by atoms with van der Waals surface area (Å²) in [5.74, 6) is 0.535. The molecule has 5 nitrogen and oxygen atoms in total. The van der Waals surface area contributed by atoms with Crippen molar-refractivity contribution in [2.24, 2.45) is 0 Å². The summed E-state index contributed by atoms with van der Waals surface area (Å²) < 4.78 is 14.2. The molecule has 0 aliphatic carbocycles. The van der Waals surface area contributed by atoms with E-state index >= 15 is 0 Å². The summed E-state index contributed by atoms with van der Waals surface area (Å²) >= 11 is 1.19. The van der Waals surface area contributed by atoms with Gasteiger partial charge in [-0.1, -0.05) is 16.6 Å². The van der Waals surface area contributed by atoms with Crippen molar-refractivity contribution in [1.29, 1.82) is 0 Å². The molecule has 0 radical (unpaired) electrons. The molecule has 0 bridgehead atoms. The third kappa shape index (κ3) is 1.67. The van der Waals surface area contributed by atoms with Crippen molar-refractivity contribution in [1.82, 2.24) is 9.59 Å². The number of nitrogens with zero attached hydrogens (tertiary/aromatic N) is 2. The minimum Gasteiger partial charge on any atom is -0.493 e. The van der Waals surface area contributed by atoms with E-state index < -0.39 is 5.63 Å². The van der Waals surface area contributed by atoms with E-state index in [1.807, 2.05) is 12.1 Å². The molecular weight excluding hydrogens is 252 g/mol. The fourth-order valence-electron chi connectivity index (χ4n) is 1.74. The number of hydrogen-bond acceptors (Lipinski definition) is 6. The van der Waals surface area contributed by atoms with Crippen molar-refractivity contribution in [3.05, 3.63) is 40.1 Å². The van der Waals surface area contributed by atoms with Gasteiger partial charge in [-0.15, -0.1) is 5.10 Å². The standard InChI is InChI=1S/C12H8N2O3S/c1-16-10-4-2-3-7-5-8(9-6-18-14-13-9)12(15)17-11(7)10/h2-6H,1H3. The molecule has 18 heavy (non-hydrogen) atoms. The summed E-state index contributed by atoms with van der Waals surface area (Å²) in [6.07, 6.45) is 0. The van der Waals surface area contributed by atoms with Crippen molar-refractivity contribution in [2.75, 3.05) is 7.11 Å². The fraction of sp³-hybridized carbons (Fsp3) is 0.0833. The van der Waals surface area contributed by atoms with Gasteiger partial charge in [-0.05, 0) is 23.7 Å². The molecule has 2 aromatic heterocycles. The van der Waals surface area contributed by atoms with Crippen LogP contribution in [0, 0.1) is 0 Å². The van der Waals surface area contributed by atoms with Gasteiger partial charge in [0.2, 0.25) is 0 Å². The molecule has 0 N–H and O–H groups in total. The average molecular weight is 260 g/mol. The number of aromatic nitrogens is 2. The molecule has 1 aromatic carbocycles. The molecule has 0 saturated heterocycles. The van der Waals surface area contributed by atoms with Crippen LogP contribution in [0.1, 0.15) is 0 Å². The molecule has 0 amide bonds. The minimum absolute atomic E-state index is 0.407. The molecule has 90 valence electrons. The molecule has 0 aliphatic rings. The first-order valence-electron chi connectivity index (χ1n) is 5.18. The second-order valence-corrected chi connectivity index (χ2v) is 4.23. The van der Waals surface area contributed by atoms with Gasteiger partial charge in [0.25, 0.3) is 0 Å². The Bertz CT molecular complexity index is 750. The molecule has 0 spiro atoms. The average Bonchev–Trinajstić information content (AvgIpc) is 2.91. The molecule has 0 aliphatic heterocycles. The predicted molar refractivity (Wildman–Crippen MR) is 67.9 cm³/mol. The van der Waals surface area contributed by atoms with Crippen LogP contribution >= 0.6 is 11.5 Å². The smallest absolute Gasteiger partial charge is 0.346 e. The maximum absolute atomic E-state index is 11.9. The van der Waals surface area contributed by atoms with E-state index in [2.05, 4.69) is 9.59 Å². The quantitative estimate of drug-likeness (QED) is 0.661. The molecule has 3 aromatic rings. The first kappa shape index (κ1) is 10.9. The molecular formula is C12H8N2O3S. The highest BCUT2D eigenvalue weighted by atomic mass is 32.1. The number of methoxy groups -OCH3 is 1. The van der Waals surface area contributed by atoms with Crippen LogP contribution in [0.25, 0.3) is 22.2 Å². The van der Waals surface area contributed by atoms with Gasteiger partial charge in [0.05, 0.1) is 12.7 Å². The van der Waals surface area contributed by atoms with E-state index in [4.69, 9.17) is 9.15 Å². The van der Waals surface area contributed by atoms with Gasteiger partial charge in [0.1, 0.15) is 5.69 Å². The molecule has 0 atom stereocenters. The van der Waals surface area contributed by atoms with Crippen molar-refractivity contribution in [3.8, 4) is 17.0 Å². The number of rotatable bonds is 2. The Labute approximate surface area is 106 Å². The highest BCUT2D eigenvalue weighted by Gasteiger charge is 2.12. The van der Waals surface area contributed by atoms with Crippen LogP contribution in [0.4, 0.5) is 0 Å². The predicted octanol–water partition coefficient (Wildman–Crippen LogP) is 2.32. The van der Waals surface area contributed by atoms with Gasteiger partial charge in [-0.2, -0.15) is 0 Å². The third-order valence-corrected chi connectivity index (χ3v) is 3.08. The Balaban J connectivity index is 2.32. The SMILES string of the molecule is COc1cccc2cc(-c3csnn3)c(=O)oc12. The summed E-state index contributed by atoms with van der Waals surface area (Å²) in [7, 11) is 1.53. The fourth-order valence-corrected chi connectivity index (χ4v) is 2.20. The van der Waals surface area contributed by atoms with E-state index in [-0.39, 0.29) is 0 Å². The van der Waals surface area contributed by atoms with Crippen LogP contribution < -0.4 is 10.4 Å². The summed E-state index contributed by atoms with van der Waals surface area (Å²) in [6.45, 7) is 0. The maximum Gasteiger partial charge on any atom is 0.346 e. The lowest BCUT2D eigenvalue weighted by Crippen LogP contribution is -2.03. The van der Waals surface area contributed by atoms with Gasteiger partial charge in [-0.25, -0.2) is 4.79 Å². The normalized spacial score (nSPS) is 10.7. The van der Waals surface area contributed by atoms with Gasteiger partial charge in [-0.3, -0.25) is 0 Å². The molecule has 0 unspecified atom stereocenters. The van der Waals surface area contributed by atoms with Crippen LogP contribution in [0.2, 0.25) is 0 Å². The molecule has 0 saturated carbocycles. The van der Waals surface area contributed by atoms with Gasteiger partial charge >= 0.3 is 5.63 Å². The Morgan fingerprint density at radius 3 is 3.00 bits per heavy atom. The van der Waals surface area contributed by atoms with Gasteiger partial charge < -0.3 is 9.15 Å². The van der Waals surface area contributed by atoms with Crippen LogP contribution in [-0.2, 0) is 0 Å². The van der Waals surface area contributed by atoms with Crippen LogP contribution in [-0.4, -0.2) is 16.7 Å². The zero-order chi connectivity index (χ0) is 12.5. The maximum atomic E-state index is 11.9. The largest absolute Gasteiger partial charge is 0.493 e. The van der Waals surface area contributed by atoms with Crippen LogP contribution in [0.3, 0.4) is 0 Å². The zero-order valence-electron chi connectivity index (χ0n) is 9.41. The van der Waals surface area contributed by atoms with E-state index in [0.717, 1.165) is 5.39 Å².